The van der Waals surface area contributed by atoms with Crippen molar-refractivity contribution in [1.82, 2.24) is 0 Å². The van der Waals surface area contributed by atoms with E-state index in [2.05, 4.69) is 0 Å². The topological polar surface area (TPSA) is 93.1 Å². The summed E-state index contributed by atoms with van der Waals surface area (Å²) >= 11 is 0. The lowest BCUT2D eigenvalue weighted by Crippen LogP contribution is -2.08. The number of carboxylic acid groups (broad SMARTS) is 2. The predicted octanol–water partition coefficient (Wildman–Crippen LogP) is 10.9. The minimum absolute atomic E-state index is 0.205. The summed E-state index contributed by atoms with van der Waals surface area (Å²) in [6.07, 6.45) is 0.515. The molecule has 0 atom stereocenters. The third-order valence-corrected chi connectivity index (χ3v) is 9.40. The Morgan fingerprint density at radius 1 is 0.392 bits per heavy atom. The summed E-state index contributed by atoms with van der Waals surface area (Å²) in [5.74, 6) is -0.848. The van der Waals surface area contributed by atoms with Crippen molar-refractivity contribution in [1.29, 1.82) is 0 Å². The SMILES string of the molecule is O=C(O)c1ccc2ccccc2c1-c1c(OCCCOc2ccc3ccccc3c2-c2c(C(=O)O)ccc3ccccc23)ccc2ccccc12. The molecule has 0 bridgehead atoms. The van der Waals surface area contributed by atoms with E-state index in [4.69, 9.17) is 9.47 Å². The zero-order chi connectivity index (χ0) is 34.9. The van der Waals surface area contributed by atoms with E-state index in [1.807, 2.05) is 133 Å². The van der Waals surface area contributed by atoms with E-state index in [0.29, 0.717) is 42.3 Å². The van der Waals surface area contributed by atoms with E-state index in [9.17, 15) is 19.8 Å². The van der Waals surface area contributed by atoms with E-state index < -0.39 is 11.9 Å². The maximum atomic E-state index is 12.6. The van der Waals surface area contributed by atoms with E-state index in [0.717, 1.165) is 54.2 Å². The van der Waals surface area contributed by atoms with Crippen LogP contribution in [0, 0.1) is 0 Å². The molecule has 51 heavy (non-hydrogen) atoms. The molecule has 8 aromatic carbocycles. The van der Waals surface area contributed by atoms with Crippen molar-refractivity contribution >= 4 is 55.0 Å². The highest BCUT2D eigenvalue weighted by molar-refractivity contribution is 6.15. The number of hydrogen-bond donors (Lipinski definition) is 2. The molecule has 0 radical (unpaired) electrons. The van der Waals surface area contributed by atoms with Crippen LogP contribution in [0.2, 0.25) is 0 Å². The molecule has 0 aliphatic rings. The van der Waals surface area contributed by atoms with Gasteiger partial charge in [0.1, 0.15) is 11.5 Å². The Bertz CT molecular complexity index is 2460. The highest BCUT2D eigenvalue weighted by Crippen LogP contribution is 2.44. The van der Waals surface area contributed by atoms with Crippen molar-refractivity contribution in [2.75, 3.05) is 13.2 Å². The molecule has 0 saturated heterocycles. The van der Waals surface area contributed by atoms with Gasteiger partial charge in [0.15, 0.2) is 0 Å². The Morgan fingerprint density at radius 3 is 1.06 bits per heavy atom. The molecule has 0 unspecified atom stereocenters. The van der Waals surface area contributed by atoms with Crippen LogP contribution in [0.4, 0.5) is 0 Å². The number of aromatic carboxylic acids is 2. The van der Waals surface area contributed by atoms with Gasteiger partial charge in [-0.2, -0.15) is 0 Å². The smallest absolute Gasteiger partial charge is 0.336 e. The summed E-state index contributed by atoms with van der Waals surface area (Å²) in [4.78, 5) is 25.1. The zero-order valence-corrected chi connectivity index (χ0v) is 27.5. The maximum Gasteiger partial charge on any atom is 0.336 e. The summed E-state index contributed by atoms with van der Waals surface area (Å²) < 4.78 is 12.9. The van der Waals surface area contributed by atoms with Crippen LogP contribution >= 0.6 is 0 Å². The number of ether oxygens (including phenoxy) is 2. The molecule has 8 aromatic rings. The van der Waals surface area contributed by atoms with Crippen molar-refractivity contribution in [2.24, 2.45) is 0 Å². The summed E-state index contributed by atoms with van der Waals surface area (Å²) in [6, 6.07) is 46.2. The number of carbonyl (C=O) groups is 2. The van der Waals surface area contributed by atoms with Crippen LogP contribution in [0.5, 0.6) is 11.5 Å². The van der Waals surface area contributed by atoms with Gasteiger partial charge in [0.2, 0.25) is 0 Å². The largest absolute Gasteiger partial charge is 0.493 e. The first-order valence-electron chi connectivity index (χ1n) is 16.8. The molecule has 0 aromatic heterocycles. The fourth-order valence-electron chi connectivity index (χ4n) is 7.12. The number of fused-ring (bicyclic) bond motifs is 4. The van der Waals surface area contributed by atoms with Crippen molar-refractivity contribution < 1.29 is 29.3 Å². The molecule has 0 heterocycles. The van der Waals surface area contributed by atoms with Gasteiger partial charge < -0.3 is 19.7 Å². The van der Waals surface area contributed by atoms with Crippen molar-refractivity contribution in [2.45, 2.75) is 6.42 Å². The lowest BCUT2D eigenvalue weighted by molar-refractivity contribution is 0.0687. The Labute approximate surface area is 293 Å². The zero-order valence-electron chi connectivity index (χ0n) is 27.5. The van der Waals surface area contributed by atoms with Crippen LogP contribution in [0.3, 0.4) is 0 Å². The lowest BCUT2D eigenvalue weighted by Gasteiger charge is -2.19. The van der Waals surface area contributed by atoms with Crippen molar-refractivity contribution in [3.63, 3.8) is 0 Å². The molecule has 0 saturated carbocycles. The first kappa shape index (κ1) is 31.6. The molecule has 0 amide bonds. The Hall–Kier alpha value is -6.66. The Kier molecular flexibility index (Phi) is 8.26. The van der Waals surface area contributed by atoms with Gasteiger partial charge >= 0.3 is 11.9 Å². The van der Waals surface area contributed by atoms with Crippen LogP contribution in [-0.4, -0.2) is 35.4 Å². The van der Waals surface area contributed by atoms with E-state index in [-0.39, 0.29) is 11.1 Å². The summed E-state index contributed by atoms with van der Waals surface area (Å²) in [7, 11) is 0. The van der Waals surface area contributed by atoms with Gasteiger partial charge in [0, 0.05) is 28.7 Å². The summed E-state index contributed by atoms with van der Waals surface area (Å²) in [5.41, 5.74) is 3.12. The summed E-state index contributed by atoms with van der Waals surface area (Å²) in [6.45, 7) is 0.603. The average molecular weight is 669 g/mol. The third kappa shape index (κ3) is 5.77. The lowest BCUT2D eigenvalue weighted by atomic mass is 9.89. The molecule has 2 N–H and O–H groups in total. The first-order valence-corrected chi connectivity index (χ1v) is 16.8. The van der Waals surface area contributed by atoms with E-state index >= 15 is 0 Å². The van der Waals surface area contributed by atoms with Crippen LogP contribution in [0.25, 0.3) is 65.3 Å². The second kappa shape index (κ2) is 13.3. The first-order chi connectivity index (χ1) is 25.0. The molecule has 0 fully saturated rings. The van der Waals surface area contributed by atoms with Crippen molar-refractivity contribution in [3.05, 3.63) is 157 Å². The Morgan fingerprint density at radius 2 is 0.706 bits per heavy atom. The minimum atomic E-state index is -1.01. The van der Waals surface area contributed by atoms with E-state index in [1.54, 1.807) is 12.1 Å². The number of hydrogen-bond acceptors (Lipinski definition) is 4. The van der Waals surface area contributed by atoms with Crippen LogP contribution in [0.15, 0.2) is 146 Å². The second-order valence-corrected chi connectivity index (χ2v) is 12.4. The second-order valence-electron chi connectivity index (χ2n) is 12.4. The monoisotopic (exact) mass is 668 g/mol. The van der Waals surface area contributed by atoms with Gasteiger partial charge in [0.05, 0.1) is 24.3 Å². The molecule has 0 aliphatic heterocycles. The minimum Gasteiger partial charge on any atom is -0.493 e. The number of benzene rings is 8. The van der Waals surface area contributed by atoms with Crippen molar-refractivity contribution in [3.8, 4) is 33.8 Å². The molecular formula is C45H32O6. The quantitative estimate of drug-likeness (QED) is 0.141. The molecule has 0 spiro atoms. The third-order valence-electron chi connectivity index (χ3n) is 9.40. The van der Waals surface area contributed by atoms with Crippen LogP contribution < -0.4 is 9.47 Å². The molecule has 248 valence electrons. The fourth-order valence-corrected chi connectivity index (χ4v) is 7.12. The molecular weight excluding hydrogens is 636 g/mol. The summed E-state index contributed by atoms with van der Waals surface area (Å²) in [5, 5.41) is 27.9. The standard InChI is InChI=1S/C45H32O6/c46-44(47)36-22-18-28-10-1-5-14-32(28)40(36)42-34-16-7-3-12-30(34)20-24-38(42)50-26-9-27-51-39-25-21-31-13-4-8-17-35(31)43(39)41-33-15-6-2-11-29(33)19-23-37(41)45(48)49/h1-8,10-25H,9,26-27H2,(H,46,47)(H,48,49). The van der Waals surface area contributed by atoms with E-state index in [1.165, 1.54) is 0 Å². The van der Waals surface area contributed by atoms with Gasteiger partial charge in [-0.25, -0.2) is 9.59 Å². The molecule has 0 aliphatic carbocycles. The fraction of sp³-hybridized carbons (Fsp3) is 0.0667. The molecule has 6 nitrogen and oxygen atoms in total. The predicted molar refractivity (Wildman–Crippen MR) is 203 cm³/mol. The van der Waals surface area contributed by atoms with Crippen LogP contribution in [-0.2, 0) is 0 Å². The highest BCUT2D eigenvalue weighted by atomic mass is 16.5. The average Bonchev–Trinajstić information content (AvgIpc) is 3.16. The maximum absolute atomic E-state index is 12.6. The number of rotatable bonds is 10. The number of carboxylic acids is 2. The normalized spacial score (nSPS) is 11.3. The molecule has 6 heteroatoms. The van der Waals surface area contributed by atoms with Gasteiger partial charge in [-0.3, -0.25) is 0 Å². The van der Waals surface area contributed by atoms with Gasteiger partial charge in [-0.1, -0.05) is 121 Å². The van der Waals surface area contributed by atoms with Crippen LogP contribution in [0.1, 0.15) is 27.1 Å². The molecule has 8 rings (SSSR count). The van der Waals surface area contributed by atoms with Gasteiger partial charge in [-0.05, 0) is 67.4 Å². The Balaban J connectivity index is 1.13. The van der Waals surface area contributed by atoms with Gasteiger partial charge in [0.25, 0.3) is 0 Å². The highest BCUT2D eigenvalue weighted by Gasteiger charge is 2.23. The van der Waals surface area contributed by atoms with Gasteiger partial charge in [-0.15, -0.1) is 0 Å².